The van der Waals surface area contributed by atoms with E-state index >= 15 is 0 Å². The lowest BCUT2D eigenvalue weighted by Gasteiger charge is -2.28. The van der Waals surface area contributed by atoms with Gasteiger partial charge in [0, 0.05) is 18.6 Å². The van der Waals surface area contributed by atoms with Crippen LogP contribution in [0.15, 0.2) is 41.0 Å². The Hall–Kier alpha value is -2.51. The Balaban J connectivity index is 1.84. The number of carbonyl (C=O) groups excluding carboxylic acids is 1. The lowest BCUT2D eigenvalue weighted by atomic mass is 10.0. The fraction of sp³-hybridized carbons (Fsp3) is 0.353. The molecule has 5 N–H and O–H groups in total. The van der Waals surface area contributed by atoms with Crippen molar-refractivity contribution >= 4 is 5.91 Å². The molecule has 0 saturated heterocycles. The molecular formula is C17H22N2O5. The summed E-state index contributed by atoms with van der Waals surface area (Å²) in [5.74, 6) is -0.583. The second-order valence-electron chi connectivity index (χ2n) is 6.19. The highest BCUT2D eigenvalue weighted by Gasteiger charge is 2.21. The molecule has 1 amide bonds. The highest BCUT2D eigenvalue weighted by Crippen LogP contribution is 2.27. The molecule has 0 aliphatic rings. The van der Waals surface area contributed by atoms with Crippen LogP contribution in [0.3, 0.4) is 0 Å². The van der Waals surface area contributed by atoms with E-state index in [-0.39, 0.29) is 29.7 Å². The summed E-state index contributed by atoms with van der Waals surface area (Å²) in [4.78, 5) is 11.8. The first-order valence-electron chi connectivity index (χ1n) is 7.55. The number of aliphatic hydroxyl groups excluding tert-OH is 1. The quantitative estimate of drug-likeness (QED) is 0.491. The first-order chi connectivity index (χ1) is 11.3. The first-order valence-corrected chi connectivity index (χ1v) is 7.55. The van der Waals surface area contributed by atoms with E-state index in [0.29, 0.717) is 12.1 Å². The molecule has 0 saturated carbocycles. The maximum absolute atomic E-state index is 11.8. The number of aromatic hydroxyl groups is 2. The van der Waals surface area contributed by atoms with Gasteiger partial charge in [0.2, 0.25) is 0 Å². The van der Waals surface area contributed by atoms with Crippen molar-refractivity contribution in [2.75, 3.05) is 13.1 Å². The lowest BCUT2D eigenvalue weighted by molar-refractivity contribution is 0.0911. The van der Waals surface area contributed by atoms with Crippen LogP contribution in [0, 0.1) is 0 Å². The summed E-state index contributed by atoms with van der Waals surface area (Å²) in [7, 11) is 0. The van der Waals surface area contributed by atoms with Crippen LogP contribution in [0.2, 0.25) is 0 Å². The summed E-state index contributed by atoms with van der Waals surface area (Å²) in [5.41, 5.74) is 0.00979. The molecule has 0 fully saturated rings. The zero-order chi connectivity index (χ0) is 17.7. The Morgan fingerprint density at radius 1 is 1.25 bits per heavy atom. The van der Waals surface area contributed by atoms with Gasteiger partial charge in [-0.1, -0.05) is 6.07 Å². The van der Waals surface area contributed by atoms with E-state index < -0.39 is 11.6 Å². The normalized spacial score (nSPS) is 12.8. The number of benzene rings is 1. The number of carbonyl (C=O) groups is 1. The van der Waals surface area contributed by atoms with E-state index in [4.69, 9.17) is 4.42 Å². The smallest absolute Gasteiger partial charge is 0.287 e. The van der Waals surface area contributed by atoms with Crippen LogP contribution >= 0.6 is 0 Å². The standard InChI is InChI=1S/C17H22N2O5/c1-17(2,10-18-16(23)15-4-3-7-24-15)19-9-14(22)11-5-6-12(20)13(21)8-11/h3-8,14,19-22H,9-10H2,1-2H3,(H,18,23). The van der Waals surface area contributed by atoms with Crippen LogP contribution in [-0.4, -0.2) is 39.9 Å². The molecule has 0 bridgehead atoms. The molecule has 7 heteroatoms. The third kappa shape index (κ3) is 4.74. The van der Waals surface area contributed by atoms with Gasteiger partial charge in [-0.15, -0.1) is 0 Å². The van der Waals surface area contributed by atoms with Gasteiger partial charge in [-0.05, 0) is 43.7 Å². The number of hydrogen-bond donors (Lipinski definition) is 5. The Morgan fingerprint density at radius 2 is 2.00 bits per heavy atom. The highest BCUT2D eigenvalue weighted by atomic mass is 16.3. The van der Waals surface area contributed by atoms with Gasteiger partial charge >= 0.3 is 0 Å². The summed E-state index contributed by atoms with van der Waals surface area (Å²) in [6.45, 7) is 4.32. The van der Waals surface area contributed by atoms with Gasteiger partial charge in [-0.3, -0.25) is 4.79 Å². The molecule has 2 rings (SSSR count). The number of nitrogens with one attached hydrogen (secondary N) is 2. The summed E-state index contributed by atoms with van der Waals surface area (Å²) in [6.07, 6.45) is 0.568. The van der Waals surface area contributed by atoms with Crippen molar-refractivity contribution in [3.63, 3.8) is 0 Å². The third-order valence-corrected chi connectivity index (χ3v) is 3.59. The fourth-order valence-electron chi connectivity index (χ4n) is 2.10. The first kappa shape index (κ1) is 17.8. The Morgan fingerprint density at radius 3 is 2.62 bits per heavy atom. The van der Waals surface area contributed by atoms with Crippen molar-refractivity contribution in [2.45, 2.75) is 25.5 Å². The number of rotatable bonds is 7. The molecule has 1 atom stereocenters. The molecule has 0 aliphatic heterocycles. The van der Waals surface area contributed by atoms with Crippen molar-refractivity contribution in [2.24, 2.45) is 0 Å². The average molecular weight is 334 g/mol. The van der Waals surface area contributed by atoms with Gasteiger partial charge < -0.3 is 30.4 Å². The van der Waals surface area contributed by atoms with E-state index in [1.807, 2.05) is 13.8 Å². The van der Waals surface area contributed by atoms with Crippen LogP contribution in [0.1, 0.15) is 36.1 Å². The Labute approximate surface area is 139 Å². The largest absolute Gasteiger partial charge is 0.504 e. The molecule has 0 aliphatic carbocycles. The minimum absolute atomic E-state index is 0.216. The summed E-state index contributed by atoms with van der Waals surface area (Å²) < 4.78 is 5.02. The second-order valence-corrected chi connectivity index (χ2v) is 6.19. The predicted molar refractivity (Wildman–Crippen MR) is 87.9 cm³/mol. The van der Waals surface area contributed by atoms with Gasteiger partial charge in [0.15, 0.2) is 17.3 Å². The van der Waals surface area contributed by atoms with E-state index in [0.717, 1.165) is 0 Å². The number of amides is 1. The number of aliphatic hydroxyl groups is 1. The molecule has 1 unspecified atom stereocenters. The third-order valence-electron chi connectivity index (χ3n) is 3.59. The van der Waals surface area contributed by atoms with Crippen LogP contribution in [-0.2, 0) is 0 Å². The zero-order valence-electron chi connectivity index (χ0n) is 13.6. The molecule has 1 aromatic heterocycles. The van der Waals surface area contributed by atoms with Gasteiger partial charge in [0.25, 0.3) is 5.91 Å². The maximum Gasteiger partial charge on any atom is 0.287 e. The summed E-state index contributed by atoms with van der Waals surface area (Å²) in [5, 5.41) is 34.8. The van der Waals surface area contributed by atoms with E-state index in [1.165, 1.54) is 24.5 Å². The van der Waals surface area contributed by atoms with Gasteiger partial charge in [0.05, 0.1) is 12.4 Å². The highest BCUT2D eigenvalue weighted by molar-refractivity contribution is 5.91. The van der Waals surface area contributed by atoms with Crippen LogP contribution in [0.4, 0.5) is 0 Å². The summed E-state index contributed by atoms with van der Waals surface area (Å²) >= 11 is 0. The lowest BCUT2D eigenvalue weighted by Crippen LogP contribution is -2.50. The molecule has 7 nitrogen and oxygen atoms in total. The number of hydrogen-bond acceptors (Lipinski definition) is 6. The molecule has 24 heavy (non-hydrogen) atoms. The minimum Gasteiger partial charge on any atom is -0.504 e. The molecule has 1 aromatic carbocycles. The molecule has 0 radical (unpaired) electrons. The monoisotopic (exact) mass is 334 g/mol. The van der Waals surface area contributed by atoms with E-state index in [1.54, 1.807) is 12.1 Å². The number of furan rings is 1. The van der Waals surface area contributed by atoms with Gasteiger partial charge in [-0.25, -0.2) is 0 Å². The fourth-order valence-corrected chi connectivity index (χ4v) is 2.10. The number of phenols is 2. The zero-order valence-corrected chi connectivity index (χ0v) is 13.6. The average Bonchev–Trinajstić information content (AvgIpc) is 3.07. The second kappa shape index (κ2) is 7.37. The molecule has 0 spiro atoms. The van der Waals surface area contributed by atoms with Crippen molar-refractivity contribution in [1.82, 2.24) is 10.6 Å². The summed E-state index contributed by atoms with van der Waals surface area (Å²) in [6, 6.07) is 7.39. The van der Waals surface area contributed by atoms with Crippen molar-refractivity contribution < 1.29 is 24.5 Å². The number of β-amino-alcohol motifs (C(OH)–C–C–N with tert-alkyl or cyclic N) is 1. The SMILES string of the molecule is CC(C)(CNC(=O)c1ccco1)NCC(O)c1ccc(O)c(O)c1. The molecule has 130 valence electrons. The number of phenolic OH excluding ortho intramolecular Hbond substituents is 2. The molecule has 2 aromatic rings. The van der Waals surface area contributed by atoms with Gasteiger partial charge in [0.1, 0.15) is 0 Å². The van der Waals surface area contributed by atoms with E-state index in [9.17, 15) is 20.1 Å². The topological polar surface area (TPSA) is 115 Å². The molecular weight excluding hydrogens is 312 g/mol. The Bertz CT molecular complexity index is 682. The van der Waals surface area contributed by atoms with Crippen molar-refractivity contribution in [3.05, 3.63) is 47.9 Å². The van der Waals surface area contributed by atoms with Crippen LogP contribution < -0.4 is 10.6 Å². The maximum atomic E-state index is 11.8. The van der Waals surface area contributed by atoms with Crippen molar-refractivity contribution in [1.29, 1.82) is 0 Å². The van der Waals surface area contributed by atoms with Crippen LogP contribution in [0.25, 0.3) is 0 Å². The Kier molecular flexibility index (Phi) is 5.48. The van der Waals surface area contributed by atoms with Crippen LogP contribution in [0.5, 0.6) is 11.5 Å². The van der Waals surface area contributed by atoms with Gasteiger partial charge in [-0.2, -0.15) is 0 Å². The molecule has 1 heterocycles. The van der Waals surface area contributed by atoms with E-state index in [2.05, 4.69) is 10.6 Å². The van der Waals surface area contributed by atoms with Crippen molar-refractivity contribution in [3.8, 4) is 11.5 Å². The predicted octanol–water partition coefficient (Wildman–Crippen LogP) is 1.52. The minimum atomic E-state index is -0.864.